The van der Waals surface area contributed by atoms with Gasteiger partial charge in [0.25, 0.3) is 35.9 Å². The molecule has 1 N–H and O–H groups in total. The van der Waals surface area contributed by atoms with Crippen LogP contribution in [0.15, 0.2) is 45.1 Å². The van der Waals surface area contributed by atoms with Gasteiger partial charge in [0.1, 0.15) is 0 Å². The molecule has 0 aromatic rings. The molecule has 0 radical (unpaired) electrons. The quantitative estimate of drug-likeness (QED) is 0.631. The van der Waals surface area contributed by atoms with Gasteiger partial charge in [-0.3, -0.25) is 24.2 Å². The lowest BCUT2D eigenvalue weighted by Gasteiger charge is -2.30. The van der Waals surface area contributed by atoms with Crippen LogP contribution >= 0.6 is 0 Å². The summed E-state index contributed by atoms with van der Waals surface area (Å²) in [5.41, 5.74) is 3.22. The maximum absolute atomic E-state index is 12.6. The molecule has 0 aromatic carbocycles. The predicted molar refractivity (Wildman–Crippen MR) is 111 cm³/mol. The van der Waals surface area contributed by atoms with Gasteiger partial charge in [0.05, 0.1) is 5.71 Å². The lowest BCUT2D eigenvalue weighted by molar-refractivity contribution is -0.519. The molecule has 0 spiro atoms. The van der Waals surface area contributed by atoms with E-state index in [0.29, 0.717) is 11.5 Å². The molecule has 5 rings (SSSR count). The summed E-state index contributed by atoms with van der Waals surface area (Å²) in [5.74, 6) is -0.632. The molecule has 10 heteroatoms. The molecule has 10 nitrogen and oxygen atoms in total. The molecule has 3 aliphatic heterocycles. The van der Waals surface area contributed by atoms with Crippen molar-refractivity contribution in [2.24, 2.45) is 15.9 Å². The van der Waals surface area contributed by atoms with E-state index in [-0.39, 0.29) is 18.4 Å². The first-order valence-corrected chi connectivity index (χ1v) is 10.1. The van der Waals surface area contributed by atoms with Crippen LogP contribution in [-0.2, 0) is 14.4 Å². The molecule has 2 aliphatic carbocycles. The van der Waals surface area contributed by atoms with Crippen LogP contribution in [0.25, 0.3) is 0 Å². The highest BCUT2D eigenvalue weighted by Crippen LogP contribution is 2.39. The second-order valence-electron chi connectivity index (χ2n) is 8.09. The molecule has 0 saturated carbocycles. The van der Waals surface area contributed by atoms with E-state index in [2.05, 4.69) is 15.3 Å². The minimum Gasteiger partial charge on any atom is -0.325 e. The third-order valence-corrected chi connectivity index (χ3v) is 6.23. The Balaban J connectivity index is 1.32. The number of imide groups is 1. The van der Waals surface area contributed by atoms with E-state index in [4.69, 9.17) is 0 Å². The second kappa shape index (κ2) is 6.93. The Morgan fingerprint density at radius 3 is 2.87 bits per heavy atom. The number of likely N-dealkylation sites (N-methyl/N-ethyl adjacent to an activating group) is 2. The number of nitrogens with zero attached hydrogens (tertiary/aromatic N) is 5. The van der Waals surface area contributed by atoms with Gasteiger partial charge in [-0.15, -0.1) is 0 Å². The minimum atomic E-state index is -0.827. The smallest absolute Gasteiger partial charge is 0.325 e. The van der Waals surface area contributed by atoms with Crippen LogP contribution in [0.2, 0.25) is 0 Å². The fourth-order valence-corrected chi connectivity index (χ4v) is 4.67. The molecule has 0 bridgehead atoms. The molecule has 5 aliphatic rings. The number of allylic oxidation sites excluding steroid dienone is 3. The van der Waals surface area contributed by atoms with E-state index in [9.17, 15) is 19.2 Å². The van der Waals surface area contributed by atoms with Crippen LogP contribution in [0.5, 0.6) is 0 Å². The molecular weight excluding hydrogens is 400 g/mol. The molecule has 2 atom stereocenters. The van der Waals surface area contributed by atoms with Crippen molar-refractivity contribution in [3.8, 4) is 0 Å². The van der Waals surface area contributed by atoms with E-state index in [1.807, 2.05) is 6.08 Å². The summed E-state index contributed by atoms with van der Waals surface area (Å²) in [6.45, 7) is -0.162. The average molecular weight is 421 g/mol. The summed E-state index contributed by atoms with van der Waals surface area (Å²) in [4.78, 5) is 60.1. The largest absolute Gasteiger partial charge is 0.333 e. The Labute approximate surface area is 178 Å². The summed E-state index contributed by atoms with van der Waals surface area (Å²) in [6, 6.07) is -1.29. The Hall–Kier alpha value is -3.69. The highest BCUT2D eigenvalue weighted by atomic mass is 16.2. The Morgan fingerprint density at radius 1 is 1.26 bits per heavy atom. The zero-order valence-corrected chi connectivity index (χ0v) is 17.2. The van der Waals surface area contributed by atoms with Gasteiger partial charge < -0.3 is 5.32 Å². The number of amides is 5. The Bertz CT molecular complexity index is 1140. The number of carbonyl (C=O) groups is 4. The van der Waals surface area contributed by atoms with E-state index < -0.39 is 23.9 Å². The summed E-state index contributed by atoms with van der Waals surface area (Å²) < 4.78 is 1.48. The zero-order chi connectivity index (χ0) is 21.9. The maximum Gasteiger partial charge on any atom is 0.333 e. The summed E-state index contributed by atoms with van der Waals surface area (Å²) >= 11 is 0. The normalized spacial score (nSPS) is 28.3. The molecule has 3 heterocycles. The summed E-state index contributed by atoms with van der Waals surface area (Å²) in [7, 11) is 2.94. The number of urea groups is 1. The first-order valence-electron chi connectivity index (χ1n) is 10.1. The van der Waals surface area contributed by atoms with Crippen LogP contribution in [0.4, 0.5) is 4.79 Å². The van der Waals surface area contributed by atoms with Crippen LogP contribution < -0.4 is 5.32 Å². The van der Waals surface area contributed by atoms with E-state index in [1.54, 1.807) is 12.2 Å². The van der Waals surface area contributed by atoms with Crippen molar-refractivity contribution in [1.29, 1.82) is 0 Å². The van der Waals surface area contributed by atoms with E-state index in [0.717, 1.165) is 41.0 Å². The highest BCUT2D eigenvalue weighted by Gasteiger charge is 2.50. The van der Waals surface area contributed by atoms with Gasteiger partial charge >= 0.3 is 6.03 Å². The number of hydrogen-bond donors (Lipinski definition) is 1. The number of carbonyl (C=O) groups excluding carboxylic acids is 4. The predicted octanol–water partition coefficient (Wildman–Crippen LogP) is -0.0205. The van der Waals surface area contributed by atoms with Crippen molar-refractivity contribution in [3.63, 3.8) is 0 Å². The van der Waals surface area contributed by atoms with Gasteiger partial charge in [0, 0.05) is 31.3 Å². The second-order valence-corrected chi connectivity index (χ2v) is 8.09. The van der Waals surface area contributed by atoms with Crippen molar-refractivity contribution < 1.29 is 23.8 Å². The van der Waals surface area contributed by atoms with Crippen molar-refractivity contribution in [1.82, 2.24) is 15.1 Å². The molecule has 5 amide bonds. The van der Waals surface area contributed by atoms with Crippen LogP contribution in [0, 0.1) is 5.92 Å². The molecule has 31 heavy (non-hydrogen) atoms. The first kappa shape index (κ1) is 19.3. The van der Waals surface area contributed by atoms with Crippen LogP contribution in [-0.4, -0.2) is 82.7 Å². The van der Waals surface area contributed by atoms with Gasteiger partial charge in [-0.25, -0.2) is 14.4 Å². The molecule has 0 aromatic heterocycles. The van der Waals surface area contributed by atoms with Crippen molar-refractivity contribution >= 4 is 41.6 Å². The van der Waals surface area contributed by atoms with Gasteiger partial charge in [-0.05, 0) is 42.0 Å². The molecule has 158 valence electrons. The lowest BCUT2D eigenvalue weighted by Crippen LogP contribution is -2.61. The third-order valence-electron chi connectivity index (χ3n) is 6.23. The van der Waals surface area contributed by atoms with Crippen molar-refractivity contribution in [2.75, 3.05) is 20.6 Å². The van der Waals surface area contributed by atoms with Gasteiger partial charge in [0.2, 0.25) is 0 Å². The standard InChI is InChI=1S/C21H20N6O4/c1-25-18-17(20(30)26(2)21(25)31)27(10-22-18)9-16(28)23-11-6-7-13-12-4-3-5-14(12)19(29)24-15(13)8-11/h6-8,10,13,17H,3-5,9H2,1-2H3/p+1. The monoisotopic (exact) mass is 421 g/mol. The number of aliphatic imine (C=N–C) groups is 2. The molecule has 1 fully saturated rings. The summed E-state index contributed by atoms with van der Waals surface area (Å²) in [6.07, 6.45) is 9.57. The number of nitrogens with one attached hydrogen (secondary N) is 1. The summed E-state index contributed by atoms with van der Waals surface area (Å²) in [5, 5.41) is 2.92. The fourth-order valence-electron chi connectivity index (χ4n) is 4.67. The SMILES string of the molecule is CN1C(=O)C2C(=NC=[N+]2CC(=O)N=C2C=CC3C(=C2)NC(=O)C2=C3CCC2)N(C)C1=O. The highest BCUT2D eigenvalue weighted by molar-refractivity contribution is 6.21. The lowest BCUT2D eigenvalue weighted by atomic mass is 9.85. The number of fused-ring (bicyclic) bond motifs is 3. The van der Waals surface area contributed by atoms with Crippen LogP contribution in [0.3, 0.4) is 0 Å². The number of rotatable bonds is 2. The van der Waals surface area contributed by atoms with Gasteiger partial charge in [-0.1, -0.05) is 6.08 Å². The number of hydrogen-bond acceptors (Lipinski definition) is 5. The Morgan fingerprint density at radius 2 is 2.06 bits per heavy atom. The van der Waals surface area contributed by atoms with Crippen molar-refractivity contribution in [2.45, 2.75) is 25.3 Å². The molecule has 2 unspecified atom stereocenters. The molecule has 1 saturated heterocycles. The van der Waals surface area contributed by atoms with E-state index in [1.165, 1.54) is 29.9 Å². The number of amidine groups is 1. The maximum atomic E-state index is 12.6. The van der Waals surface area contributed by atoms with E-state index >= 15 is 0 Å². The fraction of sp³-hybridized carbons (Fsp3) is 0.381. The van der Waals surface area contributed by atoms with Crippen molar-refractivity contribution in [3.05, 3.63) is 35.1 Å². The van der Waals surface area contributed by atoms with Crippen LogP contribution in [0.1, 0.15) is 19.3 Å². The zero-order valence-electron chi connectivity index (χ0n) is 17.2. The first-order chi connectivity index (χ1) is 14.8. The third kappa shape index (κ3) is 2.97. The topological polar surface area (TPSA) is 115 Å². The molecular formula is C21H21N6O4+. The Kier molecular flexibility index (Phi) is 4.31. The van der Waals surface area contributed by atoms with Gasteiger partial charge in [-0.2, -0.15) is 0 Å². The average Bonchev–Trinajstić information content (AvgIpc) is 3.39. The minimum absolute atomic E-state index is 0.0376. The van der Waals surface area contributed by atoms with Gasteiger partial charge in [0.15, 0.2) is 6.54 Å².